The number of urea groups is 1. The first-order chi connectivity index (χ1) is 11.0. The molecule has 5 nitrogen and oxygen atoms in total. The lowest BCUT2D eigenvalue weighted by molar-refractivity contribution is 0.239. The minimum Gasteiger partial charge on any atom is -0.335 e. The smallest absolute Gasteiger partial charge is 0.315 e. The van der Waals surface area contributed by atoms with Crippen LogP contribution in [0.2, 0.25) is 0 Å². The van der Waals surface area contributed by atoms with Gasteiger partial charge in [-0.05, 0) is 30.2 Å². The van der Waals surface area contributed by atoms with Crippen LogP contribution < -0.4 is 10.6 Å². The van der Waals surface area contributed by atoms with Gasteiger partial charge in [-0.3, -0.25) is 4.68 Å². The number of nitrogens with one attached hydrogen (secondary N) is 2. The minimum atomic E-state index is -1.48. The van der Waals surface area contributed by atoms with E-state index in [4.69, 9.17) is 0 Å². The number of carbonyl (C=O) groups is 1. The van der Waals surface area contributed by atoms with E-state index in [1.165, 1.54) is 0 Å². The summed E-state index contributed by atoms with van der Waals surface area (Å²) in [6, 6.07) is 3.13. The highest BCUT2D eigenvalue weighted by molar-refractivity contribution is 5.74. The van der Waals surface area contributed by atoms with Crippen molar-refractivity contribution < 1.29 is 18.0 Å². The molecule has 1 heterocycles. The van der Waals surface area contributed by atoms with Crippen LogP contribution in [-0.2, 0) is 13.6 Å². The van der Waals surface area contributed by atoms with Gasteiger partial charge in [0, 0.05) is 25.2 Å². The summed E-state index contributed by atoms with van der Waals surface area (Å²) >= 11 is 0. The Kier molecular flexibility index (Phi) is 3.97. The number of benzene rings is 1. The van der Waals surface area contributed by atoms with Crippen molar-refractivity contribution in [2.75, 3.05) is 0 Å². The summed E-state index contributed by atoms with van der Waals surface area (Å²) in [5, 5.41) is 9.39. The van der Waals surface area contributed by atoms with Gasteiger partial charge in [-0.15, -0.1) is 0 Å². The van der Waals surface area contributed by atoms with Crippen LogP contribution in [-0.4, -0.2) is 21.9 Å². The lowest BCUT2D eigenvalue weighted by Gasteiger charge is -2.08. The molecule has 1 aromatic carbocycles. The highest BCUT2D eigenvalue weighted by atomic mass is 19.2. The van der Waals surface area contributed by atoms with Gasteiger partial charge >= 0.3 is 6.03 Å². The zero-order chi connectivity index (χ0) is 16.6. The maximum atomic E-state index is 13.2. The Balaban J connectivity index is 1.53. The van der Waals surface area contributed by atoms with Crippen molar-refractivity contribution in [3.63, 3.8) is 0 Å². The molecule has 1 aliphatic rings. The molecule has 3 rings (SSSR count). The first kappa shape index (κ1) is 15.4. The van der Waals surface area contributed by atoms with Crippen molar-refractivity contribution >= 4 is 6.03 Å². The van der Waals surface area contributed by atoms with Gasteiger partial charge in [-0.25, -0.2) is 18.0 Å². The van der Waals surface area contributed by atoms with E-state index in [-0.39, 0.29) is 18.0 Å². The Morgan fingerprint density at radius 2 is 2.04 bits per heavy atom. The Bertz CT molecular complexity index is 723. The van der Waals surface area contributed by atoms with Gasteiger partial charge in [0.25, 0.3) is 0 Å². The van der Waals surface area contributed by atoms with Crippen LogP contribution in [0.4, 0.5) is 18.0 Å². The molecule has 122 valence electrons. The van der Waals surface area contributed by atoms with Gasteiger partial charge < -0.3 is 10.6 Å². The molecule has 0 spiro atoms. The summed E-state index contributed by atoms with van der Waals surface area (Å²) in [5.74, 6) is -4.12. The number of hydrogen-bond acceptors (Lipinski definition) is 2. The Morgan fingerprint density at radius 3 is 2.65 bits per heavy atom. The molecule has 8 heteroatoms. The molecule has 0 radical (unpaired) electrons. The third-order valence-electron chi connectivity index (χ3n) is 3.89. The number of carbonyl (C=O) groups excluding carboxylic acids is 1. The number of aromatic nitrogens is 2. The molecule has 2 aromatic rings. The van der Waals surface area contributed by atoms with E-state index in [0.29, 0.717) is 18.5 Å². The maximum Gasteiger partial charge on any atom is 0.315 e. The zero-order valence-corrected chi connectivity index (χ0v) is 12.3. The lowest BCUT2D eigenvalue weighted by Crippen LogP contribution is -2.37. The van der Waals surface area contributed by atoms with Gasteiger partial charge in [0.1, 0.15) is 0 Å². The number of aryl methyl sites for hydroxylation is 1. The molecular weight excluding hydrogens is 309 g/mol. The third-order valence-corrected chi connectivity index (χ3v) is 3.89. The van der Waals surface area contributed by atoms with Crippen LogP contribution in [0.5, 0.6) is 0 Å². The number of halogens is 3. The van der Waals surface area contributed by atoms with E-state index < -0.39 is 17.5 Å². The lowest BCUT2D eigenvalue weighted by atomic mass is 10.1. The summed E-state index contributed by atoms with van der Waals surface area (Å²) in [6.07, 6.45) is 2.19. The standard InChI is InChI=1S/C15H15F3N4O/c1-22-9(2-3-20-22)7-19-15(23)21-13-6-10(13)8-4-11(16)14(18)12(17)5-8/h2-5,10,13H,6-7H2,1H3,(H2,19,21,23)/t10-,13+/m0/s1. The fourth-order valence-corrected chi connectivity index (χ4v) is 2.48. The highest BCUT2D eigenvalue weighted by Crippen LogP contribution is 2.41. The molecule has 0 unspecified atom stereocenters. The van der Waals surface area contributed by atoms with E-state index in [9.17, 15) is 18.0 Å². The van der Waals surface area contributed by atoms with Crippen LogP contribution in [0.25, 0.3) is 0 Å². The van der Waals surface area contributed by atoms with Crippen molar-refractivity contribution in [2.45, 2.75) is 24.9 Å². The van der Waals surface area contributed by atoms with E-state index in [0.717, 1.165) is 17.8 Å². The summed E-state index contributed by atoms with van der Waals surface area (Å²) in [5.41, 5.74) is 1.19. The Morgan fingerprint density at radius 1 is 1.35 bits per heavy atom. The molecule has 0 aliphatic heterocycles. The number of nitrogens with zero attached hydrogens (tertiary/aromatic N) is 2. The first-order valence-electron chi connectivity index (χ1n) is 7.11. The molecular formula is C15H15F3N4O. The van der Waals surface area contributed by atoms with Gasteiger partial charge in [0.05, 0.1) is 12.2 Å². The fraction of sp³-hybridized carbons (Fsp3) is 0.333. The normalized spacial score (nSPS) is 19.5. The van der Waals surface area contributed by atoms with Gasteiger partial charge in [0.15, 0.2) is 17.5 Å². The van der Waals surface area contributed by atoms with E-state index in [2.05, 4.69) is 15.7 Å². The number of rotatable bonds is 4. The van der Waals surface area contributed by atoms with Gasteiger partial charge in [0.2, 0.25) is 0 Å². The van der Waals surface area contributed by atoms with Crippen molar-refractivity contribution in [1.29, 1.82) is 0 Å². The van der Waals surface area contributed by atoms with Crippen molar-refractivity contribution in [3.05, 3.63) is 53.1 Å². The molecule has 2 N–H and O–H groups in total. The van der Waals surface area contributed by atoms with Gasteiger partial charge in [-0.1, -0.05) is 0 Å². The Hall–Kier alpha value is -2.51. The predicted octanol–water partition coefficient (Wildman–Crippen LogP) is 2.19. The van der Waals surface area contributed by atoms with Crippen LogP contribution >= 0.6 is 0 Å². The summed E-state index contributed by atoms with van der Waals surface area (Å²) in [6.45, 7) is 0.319. The van der Waals surface area contributed by atoms with Crippen LogP contribution in [0.15, 0.2) is 24.4 Å². The first-order valence-corrected chi connectivity index (χ1v) is 7.11. The van der Waals surface area contributed by atoms with Crippen molar-refractivity contribution in [2.24, 2.45) is 7.05 Å². The monoisotopic (exact) mass is 324 g/mol. The van der Waals surface area contributed by atoms with Crippen LogP contribution in [0.1, 0.15) is 23.6 Å². The minimum absolute atomic E-state index is 0.206. The largest absolute Gasteiger partial charge is 0.335 e. The SMILES string of the molecule is Cn1nccc1CNC(=O)N[C@@H]1C[C@H]1c1cc(F)c(F)c(F)c1. The van der Waals surface area contributed by atoms with E-state index >= 15 is 0 Å². The quantitative estimate of drug-likeness (QED) is 0.847. The average Bonchev–Trinajstić information content (AvgIpc) is 3.14. The molecule has 0 bridgehead atoms. The predicted molar refractivity (Wildman–Crippen MR) is 76.0 cm³/mol. The molecule has 2 amide bonds. The number of amides is 2. The van der Waals surface area contributed by atoms with Crippen molar-refractivity contribution in [1.82, 2.24) is 20.4 Å². The topological polar surface area (TPSA) is 59.0 Å². The summed E-state index contributed by atoms with van der Waals surface area (Å²) in [7, 11) is 1.77. The molecule has 1 fully saturated rings. The second kappa shape index (κ2) is 5.94. The zero-order valence-electron chi connectivity index (χ0n) is 12.3. The Labute approximate surface area is 130 Å². The maximum absolute atomic E-state index is 13.2. The molecule has 0 saturated heterocycles. The molecule has 1 aromatic heterocycles. The number of hydrogen-bond donors (Lipinski definition) is 2. The molecule has 23 heavy (non-hydrogen) atoms. The highest BCUT2D eigenvalue weighted by Gasteiger charge is 2.40. The second-order valence-corrected chi connectivity index (χ2v) is 5.52. The second-order valence-electron chi connectivity index (χ2n) is 5.52. The molecule has 1 saturated carbocycles. The third kappa shape index (κ3) is 3.30. The van der Waals surface area contributed by atoms with E-state index in [1.807, 2.05) is 0 Å². The van der Waals surface area contributed by atoms with Crippen molar-refractivity contribution in [3.8, 4) is 0 Å². The summed E-state index contributed by atoms with van der Waals surface area (Å²) in [4.78, 5) is 11.8. The molecule has 2 atom stereocenters. The fourth-order valence-electron chi connectivity index (χ4n) is 2.48. The summed E-state index contributed by atoms with van der Waals surface area (Å²) < 4.78 is 41.0. The molecule has 1 aliphatic carbocycles. The van der Waals surface area contributed by atoms with Crippen LogP contribution in [0.3, 0.4) is 0 Å². The van der Waals surface area contributed by atoms with Crippen LogP contribution in [0, 0.1) is 17.5 Å². The van der Waals surface area contributed by atoms with E-state index in [1.54, 1.807) is 24.0 Å². The average molecular weight is 324 g/mol. The van der Waals surface area contributed by atoms with Gasteiger partial charge in [-0.2, -0.15) is 5.10 Å².